The normalized spacial score (nSPS) is 53.6. The molecule has 6 saturated heterocycles. The van der Waals surface area contributed by atoms with Crippen LogP contribution < -0.4 is 0 Å². The predicted molar refractivity (Wildman–Crippen MR) is 327 cm³/mol. The molecular formula is C65H108O34. The first-order valence-corrected chi connectivity index (χ1v) is 34.7. The fourth-order valence-electron chi connectivity index (χ4n) is 18.3. The van der Waals surface area contributed by atoms with Crippen molar-refractivity contribution in [2.75, 3.05) is 39.6 Å². The van der Waals surface area contributed by atoms with Crippen LogP contribution in [0.25, 0.3) is 0 Å². The Morgan fingerprint density at radius 2 is 0.990 bits per heavy atom. The molecule has 6 heterocycles. The Balaban J connectivity index is 0.931. The first-order valence-electron chi connectivity index (χ1n) is 34.7. The van der Waals surface area contributed by atoms with Gasteiger partial charge in [-0.1, -0.05) is 26.8 Å². The molecule has 4 aliphatic carbocycles. The summed E-state index contributed by atoms with van der Waals surface area (Å²) in [4.78, 5) is 15.7. The van der Waals surface area contributed by atoms with Crippen LogP contribution in [0.2, 0.25) is 0 Å². The lowest BCUT2D eigenvalue weighted by atomic mass is 9.40. The van der Waals surface area contributed by atoms with Crippen molar-refractivity contribution in [3.63, 3.8) is 0 Å². The van der Waals surface area contributed by atoms with Crippen molar-refractivity contribution in [2.45, 2.75) is 307 Å². The van der Waals surface area contributed by atoms with Gasteiger partial charge in [0.05, 0.1) is 80.7 Å². The van der Waals surface area contributed by atoms with E-state index in [1.807, 2.05) is 0 Å². The second kappa shape index (κ2) is 31.8. The number of hydrogen-bond acceptors (Lipinski definition) is 34. The summed E-state index contributed by atoms with van der Waals surface area (Å²) in [7, 11) is 0. The molecule has 40 atom stereocenters. The average Bonchev–Trinajstić information content (AvgIpc) is 0.700. The van der Waals surface area contributed by atoms with Crippen LogP contribution in [-0.4, -0.2) is 355 Å². The van der Waals surface area contributed by atoms with Crippen LogP contribution in [0.15, 0.2) is 12.2 Å². The molecule has 0 amide bonds. The first kappa shape index (κ1) is 79.5. The Morgan fingerprint density at radius 3 is 1.63 bits per heavy atom. The summed E-state index contributed by atoms with van der Waals surface area (Å²) in [5.41, 5.74) is -3.47. The third kappa shape index (κ3) is 15.1. The number of ether oxygens (including phenoxy) is 12. The topological polar surface area (TPSA) is 553 Å². The SMILES string of the molecule is C=C(C)[C@]1(OC2OC(CO)C(O)C(OC3OC(CO)C(O)C(O)C3O)C2OC2OC(CO)C(O)CC2O)CC[C@@H]2[C@@](C)(CC[C@H]3[C@@]2(C)CCC[C@@]3(C)C(=O)OC2OC(CO)C(O)C(CC3OC(CO)C(O)C(O)C3O)C2OC2OC(C)C(O)C(OC3CC(CO)C(O)C(O)C3O)C2O)C1. The van der Waals surface area contributed by atoms with Crippen molar-refractivity contribution in [3.8, 4) is 0 Å². The minimum atomic E-state index is -2.01. The molecule has 0 aromatic rings. The molecule has 10 aliphatic rings. The highest BCUT2D eigenvalue weighted by Crippen LogP contribution is 2.69. The zero-order valence-electron chi connectivity index (χ0n) is 56.2. The lowest BCUT2D eigenvalue weighted by Gasteiger charge is -2.66. The van der Waals surface area contributed by atoms with Crippen LogP contribution >= 0.6 is 0 Å². The fraction of sp³-hybridized carbons (Fsp3) is 0.954. The predicted octanol–water partition coefficient (Wildman–Crippen LogP) is -7.62. The number of carbonyl (C=O) groups excluding carboxylic acids is 1. The zero-order chi connectivity index (χ0) is 72.4. The summed E-state index contributed by atoms with van der Waals surface area (Å²) in [5.74, 6) is -3.88. The molecule has 0 aromatic heterocycles. The van der Waals surface area contributed by atoms with Gasteiger partial charge in [0.15, 0.2) is 25.2 Å². The van der Waals surface area contributed by atoms with Crippen LogP contribution in [0.1, 0.15) is 105 Å². The summed E-state index contributed by atoms with van der Waals surface area (Å²) in [6, 6.07) is 0. The van der Waals surface area contributed by atoms with Crippen LogP contribution in [-0.2, 0) is 61.6 Å². The summed E-state index contributed by atoms with van der Waals surface area (Å²) in [6.45, 7) is 8.78. The number of aliphatic hydroxyl groups excluding tert-OH is 21. The van der Waals surface area contributed by atoms with E-state index in [2.05, 4.69) is 20.4 Å². The van der Waals surface area contributed by atoms with Gasteiger partial charge in [0.25, 0.3) is 0 Å². The Kier molecular flexibility index (Phi) is 25.5. The number of rotatable bonds is 21. The second-order valence-corrected chi connectivity index (χ2v) is 30.4. The van der Waals surface area contributed by atoms with Gasteiger partial charge in [-0.15, -0.1) is 0 Å². The molecule has 34 nitrogen and oxygen atoms in total. The van der Waals surface area contributed by atoms with Gasteiger partial charge in [-0.3, -0.25) is 4.79 Å². The molecule has 34 heteroatoms. The molecule has 0 aromatic carbocycles. The van der Waals surface area contributed by atoms with Crippen molar-refractivity contribution >= 4 is 5.97 Å². The van der Waals surface area contributed by atoms with Gasteiger partial charge in [0.2, 0.25) is 6.29 Å². The third-order valence-electron chi connectivity index (χ3n) is 24.1. The van der Waals surface area contributed by atoms with Crippen molar-refractivity contribution < 1.29 is 169 Å². The summed E-state index contributed by atoms with van der Waals surface area (Å²) in [5, 5.41) is 230. The molecule has 10 rings (SSSR count). The van der Waals surface area contributed by atoms with Gasteiger partial charge in [-0.2, -0.15) is 0 Å². The minimum Gasteiger partial charge on any atom is -0.432 e. The molecule has 4 saturated carbocycles. The van der Waals surface area contributed by atoms with E-state index in [0.717, 1.165) is 0 Å². The fourth-order valence-corrected chi connectivity index (χ4v) is 18.3. The molecule has 10 fully saturated rings. The van der Waals surface area contributed by atoms with E-state index in [1.165, 1.54) is 6.92 Å². The number of fused-ring (bicyclic) bond motifs is 3. The Bertz CT molecular complexity index is 2650. The Labute approximate surface area is 572 Å². The van der Waals surface area contributed by atoms with Gasteiger partial charge in [-0.05, 0) is 107 Å². The Morgan fingerprint density at radius 1 is 0.455 bits per heavy atom. The number of hydrogen-bond donors (Lipinski definition) is 21. The molecule has 0 spiro atoms. The summed E-state index contributed by atoms with van der Waals surface area (Å²) < 4.78 is 75.1. The van der Waals surface area contributed by atoms with E-state index in [0.29, 0.717) is 37.7 Å². The van der Waals surface area contributed by atoms with Crippen molar-refractivity contribution in [1.29, 1.82) is 0 Å². The summed E-state index contributed by atoms with van der Waals surface area (Å²) in [6.07, 6.45) is -51.9. The average molecular weight is 1430 g/mol. The molecule has 99 heavy (non-hydrogen) atoms. The molecule has 34 unspecified atom stereocenters. The van der Waals surface area contributed by atoms with Crippen LogP contribution in [0.4, 0.5) is 0 Å². The minimum absolute atomic E-state index is 0.178. The number of esters is 1. The van der Waals surface area contributed by atoms with Crippen LogP contribution in [0.3, 0.4) is 0 Å². The zero-order valence-corrected chi connectivity index (χ0v) is 56.2. The molecule has 572 valence electrons. The summed E-state index contributed by atoms with van der Waals surface area (Å²) >= 11 is 0. The quantitative estimate of drug-likeness (QED) is 0.0288. The van der Waals surface area contributed by atoms with Crippen LogP contribution in [0.5, 0.6) is 0 Å². The van der Waals surface area contributed by atoms with Crippen molar-refractivity contribution in [3.05, 3.63) is 12.2 Å². The van der Waals surface area contributed by atoms with Gasteiger partial charge in [0, 0.05) is 24.9 Å². The van der Waals surface area contributed by atoms with Gasteiger partial charge < -0.3 is 164 Å². The second-order valence-electron chi connectivity index (χ2n) is 30.4. The lowest BCUT2D eigenvalue weighted by Crippen LogP contribution is -2.67. The van der Waals surface area contributed by atoms with E-state index in [-0.39, 0.29) is 38.0 Å². The monoisotopic (exact) mass is 1430 g/mol. The third-order valence-corrected chi connectivity index (χ3v) is 24.1. The van der Waals surface area contributed by atoms with Crippen molar-refractivity contribution in [2.24, 2.45) is 39.9 Å². The van der Waals surface area contributed by atoms with Crippen molar-refractivity contribution in [1.82, 2.24) is 0 Å². The maximum atomic E-state index is 15.7. The maximum Gasteiger partial charge on any atom is 0.314 e. The van der Waals surface area contributed by atoms with E-state index in [4.69, 9.17) is 56.8 Å². The van der Waals surface area contributed by atoms with E-state index in [1.54, 1.807) is 13.8 Å². The number of aliphatic hydroxyl groups is 21. The highest BCUT2D eigenvalue weighted by atomic mass is 16.8. The molecule has 0 bridgehead atoms. The molecule has 6 aliphatic heterocycles. The van der Waals surface area contributed by atoms with E-state index >= 15 is 4.79 Å². The molecular weight excluding hydrogens is 1320 g/mol. The highest BCUT2D eigenvalue weighted by Gasteiger charge is 2.67. The smallest absolute Gasteiger partial charge is 0.314 e. The van der Waals surface area contributed by atoms with Gasteiger partial charge in [0.1, 0.15) is 128 Å². The number of carbonyl (C=O) groups is 1. The largest absolute Gasteiger partial charge is 0.432 e. The maximum absolute atomic E-state index is 15.7. The van der Waals surface area contributed by atoms with E-state index < -0.39 is 288 Å². The molecule has 0 radical (unpaired) electrons. The first-order chi connectivity index (χ1) is 46.7. The standard InChI is InChI=1S/C65H108O34/c1-24(2)65(99-60-55(97-56-29(73)16-28(72)32(18-67)91-56)54(46(81)36(22-71)94-60)96-57-50(85)49(84)45(80)35(21-70)92-57)13-9-37-62(4,23-65)12-8-38-63(37,5)10-7-11-64(38,6)61(87)98-59-52(27(41(76)33(19-68)93-59)15-31-43(78)48(83)44(79)34(20-69)89-31)95-58-51(86)53(39(74)25(3)88-58)90-30-14-26(17-66)40(75)47(82)42(30)77/h25-60,66-86H,1,7-23H2,2-6H3/t25?,26?,27?,28?,29?,30?,31?,32?,33?,34?,35?,36?,37-,38+,39?,40?,41?,42?,43?,44?,45?,46?,47?,48?,49?,50?,51?,52?,53?,54?,55?,56?,57?,58?,59?,60?,62+,63+,64-,65+/m1/s1. The highest BCUT2D eigenvalue weighted by molar-refractivity contribution is 5.77. The van der Waals surface area contributed by atoms with Gasteiger partial charge >= 0.3 is 5.97 Å². The van der Waals surface area contributed by atoms with Gasteiger partial charge in [-0.25, -0.2) is 0 Å². The Hall–Kier alpha value is -2.07. The van der Waals surface area contributed by atoms with E-state index in [9.17, 15) is 107 Å². The van der Waals surface area contributed by atoms with Crippen LogP contribution in [0, 0.1) is 39.9 Å². The molecule has 21 N–H and O–H groups in total. The lowest BCUT2D eigenvalue weighted by molar-refractivity contribution is -0.397.